The summed E-state index contributed by atoms with van der Waals surface area (Å²) in [5.41, 5.74) is 3.18. The zero-order valence-electron chi connectivity index (χ0n) is 45.8. The monoisotopic (exact) mass is 1110 g/mol. The number of benzene rings is 4. The molecule has 2 aromatic heterocycles. The minimum atomic E-state index is -0.456. The van der Waals surface area contributed by atoms with Crippen LogP contribution < -0.4 is 28.4 Å². The predicted molar refractivity (Wildman–Crippen MR) is 305 cm³/mol. The molecule has 0 aliphatic heterocycles. The van der Waals surface area contributed by atoms with Crippen molar-refractivity contribution in [3.8, 4) is 45.3 Å². The van der Waals surface area contributed by atoms with Gasteiger partial charge in [0.15, 0.2) is 22.3 Å². The van der Waals surface area contributed by atoms with Crippen molar-refractivity contribution >= 4 is 62.4 Å². The van der Waals surface area contributed by atoms with Gasteiger partial charge < -0.3 is 42.3 Å². The van der Waals surface area contributed by atoms with E-state index in [-0.39, 0.29) is 35.3 Å². The maximum atomic E-state index is 13.9. The van der Waals surface area contributed by atoms with Crippen LogP contribution in [-0.2, 0) is 33.4 Å². The zero-order chi connectivity index (χ0) is 56.4. The van der Waals surface area contributed by atoms with Crippen LogP contribution in [-0.4, -0.2) is 61.3 Å². The Morgan fingerprint density at radius 3 is 1.50 bits per heavy atom. The number of ether oxygens (including phenoxy) is 8. The van der Waals surface area contributed by atoms with Crippen molar-refractivity contribution in [3.63, 3.8) is 0 Å². The Balaban J connectivity index is 0.821. The van der Waals surface area contributed by atoms with E-state index in [1.165, 1.54) is 11.3 Å². The van der Waals surface area contributed by atoms with Gasteiger partial charge in [0, 0.05) is 11.5 Å². The number of fused-ring (bicyclic) bond motifs is 2. The molecule has 0 bridgehead atoms. The first-order chi connectivity index (χ1) is 38.8. The number of esters is 5. The number of nitrogens with zero attached hydrogens (tertiary/aromatic N) is 1. The van der Waals surface area contributed by atoms with Crippen molar-refractivity contribution in [3.05, 3.63) is 128 Å². The molecule has 80 heavy (non-hydrogen) atoms. The normalized spacial score (nSPS) is 17.0. The Morgan fingerprint density at radius 1 is 0.550 bits per heavy atom. The SMILES string of the molecule is C=CC(=C)OCCCCCCOc1ccc(OC(=O)C2CCC(C(=O)Oc3ccc(OC(=O)C4CCC(C(=O)Oc5ccc(OCCCCCCOC(=O)C=C)cc5)CC4)c4sc(-c5cc6c(C)cc(C)cc6o5)nc34)CC2)cc1. The molecule has 0 unspecified atom stereocenters. The first kappa shape index (κ1) is 58.4. The Hall–Kier alpha value is -7.72. The van der Waals surface area contributed by atoms with Crippen molar-refractivity contribution in [2.24, 2.45) is 23.7 Å². The van der Waals surface area contributed by atoms with Gasteiger partial charge in [-0.25, -0.2) is 9.78 Å². The van der Waals surface area contributed by atoms with Crippen LogP contribution >= 0.6 is 11.3 Å². The summed E-state index contributed by atoms with van der Waals surface area (Å²) in [6.45, 7) is 16.9. The van der Waals surface area contributed by atoms with Crippen LogP contribution in [0.3, 0.4) is 0 Å². The van der Waals surface area contributed by atoms with Crippen molar-refractivity contribution in [1.29, 1.82) is 0 Å². The topological polar surface area (TPSA) is 185 Å². The van der Waals surface area contributed by atoms with Crippen LogP contribution in [0.15, 0.2) is 121 Å². The second kappa shape index (κ2) is 28.9. The third kappa shape index (κ3) is 16.4. The number of rotatable bonds is 28. The van der Waals surface area contributed by atoms with Gasteiger partial charge in [-0.05, 0) is 207 Å². The average Bonchev–Trinajstić information content (AvgIpc) is 4.27. The molecule has 2 aliphatic carbocycles. The summed E-state index contributed by atoms with van der Waals surface area (Å²) in [5.74, 6) is 0.188. The van der Waals surface area contributed by atoms with Crippen LogP contribution in [0.25, 0.3) is 32.0 Å². The predicted octanol–water partition coefficient (Wildman–Crippen LogP) is 14.3. The number of allylic oxidation sites excluding steroid dienone is 1. The summed E-state index contributed by atoms with van der Waals surface area (Å²) >= 11 is 1.27. The van der Waals surface area contributed by atoms with E-state index in [0.29, 0.717) is 128 Å². The second-order valence-electron chi connectivity index (χ2n) is 20.5. The number of aromatic nitrogens is 1. The van der Waals surface area contributed by atoms with Gasteiger partial charge in [-0.2, -0.15) is 0 Å². The highest BCUT2D eigenvalue weighted by molar-refractivity contribution is 7.22. The molecule has 15 nitrogen and oxygen atoms in total. The summed E-state index contributed by atoms with van der Waals surface area (Å²) < 4.78 is 52.7. The maximum Gasteiger partial charge on any atom is 0.330 e. The molecule has 16 heteroatoms. The van der Waals surface area contributed by atoms with Gasteiger partial charge in [0.2, 0.25) is 0 Å². The van der Waals surface area contributed by atoms with Gasteiger partial charge in [0.05, 0.1) is 50.1 Å². The molecule has 6 aromatic rings. The van der Waals surface area contributed by atoms with Gasteiger partial charge in [0.25, 0.3) is 0 Å². The van der Waals surface area contributed by atoms with E-state index < -0.39 is 29.7 Å². The van der Waals surface area contributed by atoms with Crippen LogP contribution in [0.2, 0.25) is 0 Å². The molecule has 422 valence electrons. The van der Waals surface area contributed by atoms with E-state index >= 15 is 0 Å². The third-order valence-electron chi connectivity index (χ3n) is 14.5. The minimum absolute atomic E-state index is 0.219. The molecule has 2 heterocycles. The average molecular weight is 1110 g/mol. The first-order valence-electron chi connectivity index (χ1n) is 27.8. The van der Waals surface area contributed by atoms with Gasteiger partial charge >= 0.3 is 29.8 Å². The standard InChI is InChI=1S/C64H71NO14S/c1-6-43(5)71-34-12-8-9-13-35-72-48-24-28-50(29-25-48)75-61(67)44-16-20-46(21-17-44)63(69)78-53-32-33-54(59-58(53)65-60(80-59)56-40-52-42(4)38-41(3)39-55(52)77-56)79-64(70)47-22-18-45(19-23-47)62(68)76-51-30-26-49(27-31-51)73-36-14-10-11-15-37-74-57(66)7-2/h6-7,24-33,38-40,44-47H,1-2,5,8-23,34-37H2,3-4H3. The van der Waals surface area contributed by atoms with Gasteiger partial charge in [0.1, 0.15) is 44.6 Å². The highest BCUT2D eigenvalue weighted by Gasteiger charge is 2.35. The second-order valence-corrected chi connectivity index (χ2v) is 21.5. The molecular formula is C64H71NO14S. The summed E-state index contributed by atoms with van der Waals surface area (Å²) in [4.78, 5) is 70.4. The fraction of sp³-hybridized carbons (Fsp3) is 0.406. The molecule has 0 saturated heterocycles. The lowest BCUT2D eigenvalue weighted by atomic mass is 9.82. The molecule has 2 aliphatic rings. The lowest BCUT2D eigenvalue weighted by Gasteiger charge is -2.26. The molecule has 0 N–H and O–H groups in total. The molecule has 0 amide bonds. The maximum absolute atomic E-state index is 13.9. The number of aryl methyl sites for hydroxylation is 2. The Morgan fingerprint density at radius 2 is 1.00 bits per heavy atom. The molecule has 0 atom stereocenters. The summed E-state index contributed by atoms with van der Waals surface area (Å²) in [6, 6.07) is 23.2. The number of thiazole rings is 1. The van der Waals surface area contributed by atoms with Crippen LogP contribution in [0, 0.1) is 37.5 Å². The lowest BCUT2D eigenvalue weighted by Crippen LogP contribution is -2.30. The van der Waals surface area contributed by atoms with Crippen molar-refractivity contribution < 1.29 is 66.3 Å². The van der Waals surface area contributed by atoms with Crippen LogP contribution in [0.5, 0.6) is 34.5 Å². The van der Waals surface area contributed by atoms with E-state index in [9.17, 15) is 24.0 Å². The zero-order valence-corrected chi connectivity index (χ0v) is 46.6. The molecule has 0 radical (unpaired) electrons. The van der Waals surface area contributed by atoms with Crippen molar-refractivity contribution in [2.45, 2.75) is 117 Å². The van der Waals surface area contributed by atoms with Crippen LogP contribution in [0.4, 0.5) is 0 Å². The highest BCUT2D eigenvalue weighted by atomic mass is 32.1. The van der Waals surface area contributed by atoms with Gasteiger partial charge in [-0.3, -0.25) is 19.2 Å². The van der Waals surface area contributed by atoms with Crippen molar-refractivity contribution in [1.82, 2.24) is 4.98 Å². The number of hydrogen-bond donors (Lipinski definition) is 0. The molecule has 4 aromatic carbocycles. The fourth-order valence-corrected chi connectivity index (χ4v) is 10.9. The number of hydrogen-bond acceptors (Lipinski definition) is 16. The number of carbonyl (C=O) groups is 5. The first-order valence-corrected chi connectivity index (χ1v) is 28.7. The Bertz CT molecular complexity index is 2960. The number of unbranched alkanes of at least 4 members (excludes halogenated alkanes) is 6. The minimum Gasteiger partial charge on any atom is -0.494 e. The third-order valence-corrected chi connectivity index (χ3v) is 15.6. The Kier molecular flexibility index (Phi) is 21.1. The summed E-state index contributed by atoms with van der Waals surface area (Å²) in [5, 5.41) is 1.47. The van der Waals surface area contributed by atoms with E-state index in [1.807, 2.05) is 26.0 Å². The van der Waals surface area contributed by atoms with Crippen molar-refractivity contribution in [2.75, 3.05) is 26.4 Å². The lowest BCUT2D eigenvalue weighted by molar-refractivity contribution is -0.145. The van der Waals surface area contributed by atoms with Gasteiger partial charge in [-0.1, -0.05) is 25.8 Å². The highest BCUT2D eigenvalue weighted by Crippen LogP contribution is 2.44. The van der Waals surface area contributed by atoms with E-state index in [0.717, 1.165) is 79.5 Å². The molecule has 2 saturated carbocycles. The smallest absolute Gasteiger partial charge is 0.330 e. The van der Waals surface area contributed by atoms with E-state index in [1.54, 1.807) is 66.7 Å². The van der Waals surface area contributed by atoms with E-state index in [2.05, 4.69) is 25.8 Å². The largest absolute Gasteiger partial charge is 0.494 e. The molecular weight excluding hydrogens is 1040 g/mol. The summed E-state index contributed by atoms with van der Waals surface area (Å²) in [7, 11) is 0. The fourth-order valence-electron chi connectivity index (χ4n) is 9.93. The van der Waals surface area contributed by atoms with Gasteiger partial charge in [-0.15, -0.1) is 11.3 Å². The van der Waals surface area contributed by atoms with Crippen LogP contribution in [0.1, 0.15) is 114 Å². The molecule has 0 spiro atoms. The Labute approximate surface area is 471 Å². The van der Waals surface area contributed by atoms with E-state index in [4.69, 9.17) is 47.3 Å². The number of carbonyl (C=O) groups excluding carboxylic acids is 5. The summed E-state index contributed by atoms with van der Waals surface area (Å²) in [6.07, 6.45) is 13.7. The molecule has 8 rings (SSSR count). The number of furan rings is 1. The molecule has 2 fully saturated rings. The quantitative estimate of drug-likeness (QED) is 0.0113.